The van der Waals surface area contributed by atoms with Crippen molar-refractivity contribution in [2.24, 2.45) is 0 Å². The highest BCUT2D eigenvalue weighted by atomic mass is 28.4. The number of nitrogens with one attached hydrogen (secondary N) is 2. The molecular weight excluding hydrogens is 587 g/mol. The van der Waals surface area contributed by atoms with Gasteiger partial charge in [-0.15, -0.1) is 0 Å². The standard InChI is InChI=1S/C39H47N3O3Si/c1-39(2,3)46(4,5)45-38(34(41-26-29-12-8-6-9-13-29)23-18-28-16-19-31(40)20-17-28)33-21-24-35(37-32(33)22-25-36(43)42-37)44-27-30-14-10-7-11-15-30/h6-17,19-22,24-25,34,38,41H,18,23,26-27,40H2,1-5H3,(H,42,43). The summed E-state index contributed by atoms with van der Waals surface area (Å²) < 4.78 is 13.7. The minimum Gasteiger partial charge on any atom is -0.487 e. The molecule has 4 aromatic carbocycles. The fourth-order valence-electron chi connectivity index (χ4n) is 5.42. The second-order valence-electron chi connectivity index (χ2n) is 13.6. The molecule has 5 rings (SSSR count). The van der Waals surface area contributed by atoms with Crippen LogP contribution in [0.1, 0.15) is 55.5 Å². The number of ether oxygens (including phenoxy) is 1. The fraction of sp³-hybridized carbons (Fsp3) is 0.308. The number of rotatable bonds is 13. The van der Waals surface area contributed by atoms with Crippen LogP contribution < -0.4 is 21.3 Å². The van der Waals surface area contributed by atoms with E-state index in [1.807, 2.05) is 60.7 Å². The van der Waals surface area contributed by atoms with Gasteiger partial charge in [-0.25, -0.2) is 0 Å². The van der Waals surface area contributed by atoms with Crippen molar-refractivity contribution in [1.29, 1.82) is 0 Å². The maximum atomic E-state index is 12.7. The maximum Gasteiger partial charge on any atom is 0.248 e. The van der Waals surface area contributed by atoms with E-state index in [1.54, 1.807) is 6.07 Å². The molecule has 240 valence electrons. The Kier molecular flexibility index (Phi) is 10.5. The van der Waals surface area contributed by atoms with Gasteiger partial charge in [-0.05, 0) is 77.5 Å². The van der Waals surface area contributed by atoms with Crippen LogP contribution in [-0.2, 0) is 24.0 Å². The second kappa shape index (κ2) is 14.5. The number of H-pyrrole nitrogens is 1. The quantitative estimate of drug-likeness (QED) is 0.0893. The molecule has 0 saturated carbocycles. The Morgan fingerprint density at radius 3 is 2.11 bits per heavy atom. The number of aromatic amines is 1. The molecule has 0 amide bonds. The van der Waals surface area contributed by atoms with E-state index in [1.165, 1.54) is 11.1 Å². The van der Waals surface area contributed by atoms with Crippen LogP contribution >= 0.6 is 0 Å². The van der Waals surface area contributed by atoms with Crippen LogP contribution in [0.3, 0.4) is 0 Å². The molecule has 46 heavy (non-hydrogen) atoms. The Labute approximate surface area is 274 Å². The third kappa shape index (κ3) is 8.34. The fourth-order valence-corrected chi connectivity index (χ4v) is 6.70. The number of aromatic nitrogens is 1. The Bertz CT molecular complexity index is 1760. The Balaban J connectivity index is 1.58. The summed E-state index contributed by atoms with van der Waals surface area (Å²) in [4.78, 5) is 15.8. The van der Waals surface area contributed by atoms with Crippen molar-refractivity contribution in [1.82, 2.24) is 10.3 Å². The van der Waals surface area contributed by atoms with Crippen molar-refractivity contribution in [3.63, 3.8) is 0 Å². The second-order valence-corrected chi connectivity index (χ2v) is 18.3. The Morgan fingerprint density at radius 1 is 0.804 bits per heavy atom. The smallest absolute Gasteiger partial charge is 0.248 e. The zero-order valence-corrected chi connectivity index (χ0v) is 28.7. The van der Waals surface area contributed by atoms with Gasteiger partial charge in [0.05, 0.1) is 11.6 Å². The van der Waals surface area contributed by atoms with Gasteiger partial charge in [0.15, 0.2) is 8.32 Å². The van der Waals surface area contributed by atoms with Crippen molar-refractivity contribution >= 4 is 24.9 Å². The molecule has 0 fully saturated rings. The van der Waals surface area contributed by atoms with E-state index in [4.69, 9.17) is 14.9 Å². The number of benzene rings is 4. The van der Waals surface area contributed by atoms with Gasteiger partial charge in [0.1, 0.15) is 12.4 Å². The van der Waals surface area contributed by atoms with E-state index in [2.05, 4.69) is 86.6 Å². The number of hydrogen-bond donors (Lipinski definition) is 3. The summed E-state index contributed by atoms with van der Waals surface area (Å²) in [5.41, 5.74) is 11.8. The third-order valence-electron chi connectivity index (χ3n) is 9.16. The SMILES string of the molecule is CC(C)(C)[Si](C)(C)OC(c1ccc(OCc2ccccc2)c2[nH]c(=O)ccc12)C(CCc1ccc(N)cc1)NCc1ccccc1. The highest BCUT2D eigenvalue weighted by Gasteiger charge is 2.41. The molecule has 7 heteroatoms. The molecule has 2 unspecified atom stereocenters. The van der Waals surface area contributed by atoms with Gasteiger partial charge in [-0.2, -0.15) is 0 Å². The summed E-state index contributed by atoms with van der Waals surface area (Å²) in [5, 5.41) is 4.82. The molecule has 1 aromatic heterocycles. The van der Waals surface area contributed by atoms with Crippen molar-refractivity contribution in [3.05, 3.63) is 142 Å². The summed E-state index contributed by atoms with van der Waals surface area (Å²) in [6.07, 6.45) is 1.42. The average Bonchev–Trinajstić information content (AvgIpc) is 3.04. The van der Waals surface area contributed by atoms with Gasteiger partial charge in [0.25, 0.3) is 0 Å². The summed E-state index contributed by atoms with van der Waals surface area (Å²) in [6.45, 7) is 12.5. The van der Waals surface area contributed by atoms with Gasteiger partial charge in [-0.3, -0.25) is 4.79 Å². The molecule has 1 heterocycles. The molecule has 0 saturated heterocycles. The highest BCUT2D eigenvalue weighted by molar-refractivity contribution is 6.74. The van der Waals surface area contributed by atoms with Crippen molar-refractivity contribution < 1.29 is 9.16 Å². The highest BCUT2D eigenvalue weighted by Crippen LogP contribution is 2.43. The van der Waals surface area contributed by atoms with Crippen LogP contribution in [0.5, 0.6) is 5.75 Å². The van der Waals surface area contributed by atoms with E-state index in [9.17, 15) is 4.79 Å². The third-order valence-corrected chi connectivity index (χ3v) is 13.6. The lowest BCUT2D eigenvalue weighted by Gasteiger charge is -2.42. The van der Waals surface area contributed by atoms with Crippen molar-refractivity contribution in [2.75, 3.05) is 5.73 Å². The number of pyridine rings is 1. The normalized spacial score (nSPS) is 13.4. The van der Waals surface area contributed by atoms with Crippen molar-refractivity contribution in [2.45, 2.75) is 77.0 Å². The van der Waals surface area contributed by atoms with Crippen LogP contribution in [0.4, 0.5) is 5.69 Å². The molecule has 0 radical (unpaired) electrons. The van der Waals surface area contributed by atoms with Gasteiger partial charge in [0.2, 0.25) is 5.56 Å². The van der Waals surface area contributed by atoms with E-state index < -0.39 is 8.32 Å². The van der Waals surface area contributed by atoms with Gasteiger partial charge >= 0.3 is 0 Å². The minimum absolute atomic E-state index is 0.00492. The van der Waals surface area contributed by atoms with Crippen LogP contribution in [0.15, 0.2) is 114 Å². The lowest BCUT2D eigenvalue weighted by Crippen LogP contribution is -2.47. The first-order valence-electron chi connectivity index (χ1n) is 16.1. The largest absolute Gasteiger partial charge is 0.487 e. The predicted molar refractivity (Wildman–Crippen MR) is 193 cm³/mol. The first-order valence-corrected chi connectivity index (χ1v) is 19.0. The molecule has 0 aliphatic carbocycles. The molecule has 5 aromatic rings. The zero-order valence-electron chi connectivity index (χ0n) is 27.7. The molecule has 0 aliphatic rings. The average molecular weight is 634 g/mol. The molecule has 0 aliphatic heterocycles. The Morgan fingerprint density at radius 2 is 1.46 bits per heavy atom. The van der Waals surface area contributed by atoms with E-state index in [-0.39, 0.29) is 22.7 Å². The topological polar surface area (TPSA) is 89.4 Å². The molecule has 0 spiro atoms. The number of anilines is 1. The summed E-state index contributed by atoms with van der Waals surface area (Å²) in [6, 6.07) is 36.2. The molecule has 4 N–H and O–H groups in total. The van der Waals surface area contributed by atoms with Crippen molar-refractivity contribution in [3.8, 4) is 5.75 Å². The Hall–Kier alpha value is -4.17. The number of nitrogens with two attached hydrogens (primary N) is 1. The lowest BCUT2D eigenvalue weighted by molar-refractivity contribution is 0.132. The number of hydrogen-bond acceptors (Lipinski definition) is 5. The monoisotopic (exact) mass is 633 g/mol. The lowest BCUT2D eigenvalue weighted by atomic mass is 9.93. The van der Waals surface area contributed by atoms with Crippen LogP contribution in [0.2, 0.25) is 18.1 Å². The zero-order chi connectivity index (χ0) is 32.7. The van der Waals surface area contributed by atoms with E-state index >= 15 is 0 Å². The number of fused-ring (bicyclic) bond motifs is 1. The van der Waals surface area contributed by atoms with E-state index in [0.29, 0.717) is 24.4 Å². The van der Waals surface area contributed by atoms with Crippen LogP contribution in [0.25, 0.3) is 10.9 Å². The van der Waals surface area contributed by atoms with Crippen LogP contribution in [0, 0.1) is 0 Å². The summed E-state index contributed by atoms with van der Waals surface area (Å²) in [5.74, 6) is 0.641. The number of nitrogen functional groups attached to an aromatic ring is 1. The molecule has 2 atom stereocenters. The molecule has 0 bridgehead atoms. The summed E-state index contributed by atoms with van der Waals surface area (Å²) in [7, 11) is -2.27. The minimum atomic E-state index is -2.27. The van der Waals surface area contributed by atoms with Gasteiger partial charge in [0, 0.05) is 29.7 Å². The number of aryl methyl sites for hydroxylation is 1. The van der Waals surface area contributed by atoms with Crippen LogP contribution in [-0.4, -0.2) is 19.3 Å². The van der Waals surface area contributed by atoms with Gasteiger partial charge in [-0.1, -0.05) is 99.6 Å². The summed E-state index contributed by atoms with van der Waals surface area (Å²) >= 11 is 0. The maximum absolute atomic E-state index is 12.7. The molecule has 6 nitrogen and oxygen atoms in total. The molecular formula is C39H47N3O3Si. The van der Waals surface area contributed by atoms with Gasteiger partial charge < -0.3 is 25.2 Å². The van der Waals surface area contributed by atoms with E-state index in [0.717, 1.165) is 35.0 Å². The predicted octanol–water partition coefficient (Wildman–Crippen LogP) is 8.54. The first-order chi connectivity index (χ1) is 22.0. The first kappa shape index (κ1) is 33.2.